The van der Waals surface area contributed by atoms with Crippen LogP contribution < -0.4 is 0 Å². The van der Waals surface area contributed by atoms with Gasteiger partial charge in [0.25, 0.3) is 5.91 Å². The topological polar surface area (TPSA) is 57.7 Å². The first-order chi connectivity index (χ1) is 13.8. The molecule has 0 heterocycles. The largest absolute Gasteiger partial charge is 0.416 e. The highest BCUT2D eigenvalue weighted by Gasteiger charge is 2.30. The summed E-state index contributed by atoms with van der Waals surface area (Å²) in [4.78, 5) is 16.5. The number of sulfone groups is 1. The number of carbonyl (C=O) groups excluding carboxylic acids is 1. The van der Waals surface area contributed by atoms with Crippen molar-refractivity contribution in [1.82, 2.24) is 9.80 Å². The molecule has 0 atom stereocenters. The number of hydrogen-bond donors (Lipinski definition) is 0. The fourth-order valence-electron chi connectivity index (χ4n) is 2.87. The van der Waals surface area contributed by atoms with Crippen LogP contribution in [-0.4, -0.2) is 57.6 Å². The molecule has 0 bridgehead atoms. The van der Waals surface area contributed by atoms with Crippen molar-refractivity contribution in [3.05, 3.63) is 64.7 Å². The van der Waals surface area contributed by atoms with Gasteiger partial charge in [-0.1, -0.05) is 18.2 Å². The molecule has 30 heavy (non-hydrogen) atoms. The normalized spacial score (nSPS) is 12.3. The van der Waals surface area contributed by atoms with Gasteiger partial charge in [0.15, 0.2) is 9.84 Å². The first-order valence-electron chi connectivity index (χ1n) is 9.20. The van der Waals surface area contributed by atoms with Gasteiger partial charge in [-0.3, -0.25) is 4.79 Å². The van der Waals surface area contributed by atoms with Crippen molar-refractivity contribution in [3.8, 4) is 0 Å². The highest BCUT2D eigenvalue weighted by atomic mass is 32.2. The second kappa shape index (κ2) is 9.18. The standard InChI is InChI=1S/C21H25F3N2O3S/c1-15-8-9-18(30(4,28)29)13-19(15)20(27)26(11-10-25(2)3)14-16-6-5-7-17(12-16)21(22,23)24/h5-9,12-13H,10-11,14H2,1-4H3. The van der Waals surface area contributed by atoms with Crippen LogP contribution in [0.25, 0.3) is 0 Å². The number of likely N-dealkylation sites (N-methyl/N-ethyl adjacent to an activating group) is 1. The van der Waals surface area contributed by atoms with Crippen molar-refractivity contribution in [3.63, 3.8) is 0 Å². The van der Waals surface area contributed by atoms with Gasteiger partial charge in [0.1, 0.15) is 0 Å². The summed E-state index contributed by atoms with van der Waals surface area (Å²) in [6.07, 6.45) is -3.42. The van der Waals surface area contributed by atoms with E-state index in [4.69, 9.17) is 0 Å². The number of amides is 1. The van der Waals surface area contributed by atoms with Crippen molar-refractivity contribution >= 4 is 15.7 Å². The summed E-state index contributed by atoms with van der Waals surface area (Å²) < 4.78 is 62.9. The Bertz CT molecular complexity index is 1020. The third-order valence-electron chi connectivity index (χ3n) is 4.60. The highest BCUT2D eigenvalue weighted by molar-refractivity contribution is 7.90. The lowest BCUT2D eigenvalue weighted by molar-refractivity contribution is -0.137. The fourth-order valence-corrected chi connectivity index (χ4v) is 3.52. The summed E-state index contributed by atoms with van der Waals surface area (Å²) >= 11 is 0. The molecular weight excluding hydrogens is 417 g/mol. The van der Waals surface area contributed by atoms with E-state index in [0.717, 1.165) is 18.4 Å². The Hall–Kier alpha value is -2.39. The first kappa shape index (κ1) is 23.9. The molecule has 0 fully saturated rings. The van der Waals surface area contributed by atoms with Crippen molar-refractivity contribution in [2.75, 3.05) is 33.4 Å². The number of rotatable bonds is 7. The molecule has 0 aromatic heterocycles. The molecule has 0 N–H and O–H groups in total. The Morgan fingerprint density at radius 1 is 1.03 bits per heavy atom. The molecule has 0 aliphatic heterocycles. The Labute approximate surface area is 175 Å². The number of aryl methyl sites for hydroxylation is 1. The molecule has 164 valence electrons. The molecule has 0 aliphatic rings. The van der Waals surface area contributed by atoms with Gasteiger partial charge in [-0.05, 0) is 56.4 Å². The minimum atomic E-state index is -4.48. The molecule has 5 nitrogen and oxygen atoms in total. The van der Waals surface area contributed by atoms with Crippen molar-refractivity contribution in [2.24, 2.45) is 0 Å². The van der Waals surface area contributed by atoms with Gasteiger partial charge in [0, 0.05) is 31.5 Å². The van der Waals surface area contributed by atoms with Crippen molar-refractivity contribution < 1.29 is 26.4 Å². The van der Waals surface area contributed by atoms with Gasteiger partial charge < -0.3 is 9.80 Å². The third kappa shape index (κ3) is 6.30. The van der Waals surface area contributed by atoms with Crippen molar-refractivity contribution in [2.45, 2.75) is 24.5 Å². The zero-order chi connectivity index (χ0) is 22.7. The minimum Gasteiger partial charge on any atom is -0.333 e. The summed E-state index contributed by atoms with van der Waals surface area (Å²) in [5.74, 6) is -0.433. The first-order valence-corrected chi connectivity index (χ1v) is 11.1. The van der Waals surface area contributed by atoms with Gasteiger partial charge in [-0.2, -0.15) is 13.2 Å². The molecule has 0 unspecified atom stereocenters. The number of halogens is 3. The van der Waals surface area contributed by atoms with Crippen LogP contribution in [0.2, 0.25) is 0 Å². The Balaban J connectivity index is 2.41. The lowest BCUT2D eigenvalue weighted by Crippen LogP contribution is -2.36. The van der Waals surface area contributed by atoms with Crippen LogP contribution in [0.3, 0.4) is 0 Å². The minimum absolute atomic E-state index is 0.0167. The third-order valence-corrected chi connectivity index (χ3v) is 5.71. The number of alkyl halides is 3. The second-order valence-electron chi connectivity index (χ2n) is 7.48. The molecule has 0 aliphatic carbocycles. The predicted molar refractivity (Wildman–Crippen MR) is 109 cm³/mol. The summed E-state index contributed by atoms with van der Waals surface area (Å²) in [6.45, 7) is 2.42. The van der Waals surface area contributed by atoms with Gasteiger partial charge in [0.05, 0.1) is 10.5 Å². The molecule has 0 saturated carbocycles. The maximum atomic E-state index is 13.2. The van der Waals surface area contributed by atoms with Crippen LogP contribution in [0, 0.1) is 6.92 Å². The van der Waals surface area contributed by atoms with E-state index in [0.29, 0.717) is 17.7 Å². The van der Waals surface area contributed by atoms with Crippen LogP contribution >= 0.6 is 0 Å². The van der Waals surface area contributed by atoms with E-state index >= 15 is 0 Å². The predicted octanol–water partition coefficient (Wildman–Crippen LogP) is 3.62. The average molecular weight is 443 g/mol. The molecule has 2 aromatic rings. The summed E-state index contributed by atoms with van der Waals surface area (Å²) in [6, 6.07) is 9.15. The number of nitrogens with zero attached hydrogens (tertiary/aromatic N) is 2. The molecule has 9 heteroatoms. The van der Waals surface area contributed by atoms with E-state index in [9.17, 15) is 26.4 Å². The lowest BCUT2D eigenvalue weighted by atomic mass is 10.1. The maximum absolute atomic E-state index is 13.2. The van der Waals surface area contributed by atoms with Crippen LogP contribution in [-0.2, 0) is 22.6 Å². The Morgan fingerprint density at radius 2 is 1.70 bits per heavy atom. The molecule has 2 rings (SSSR count). The molecule has 0 radical (unpaired) electrons. The zero-order valence-corrected chi connectivity index (χ0v) is 18.1. The molecule has 0 saturated heterocycles. The van der Waals surface area contributed by atoms with E-state index in [1.165, 1.54) is 29.2 Å². The number of carbonyl (C=O) groups is 1. The monoisotopic (exact) mass is 442 g/mol. The zero-order valence-electron chi connectivity index (χ0n) is 17.3. The molecule has 0 spiro atoms. The lowest BCUT2D eigenvalue weighted by Gasteiger charge is -2.26. The van der Waals surface area contributed by atoms with Crippen LogP contribution in [0.5, 0.6) is 0 Å². The van der Waals surface area contributed by atoms with E-state index in [1.54, 1.807) is 13.0 Å². The Morgan fingerprint density at radius 3 is 2.27 bits per heavy atom. The SMILES string of the molecule is Cc1ccc(S(C)(=O)=O)cc1C(=O)N(CCN(C)C)Cc1cccc(C(F)(F)F)c1. The summed E-state index contributed by atoms with van der Waals surface area (Å²) in [5.41, 5.74) is 0.360. The smallest absolute Gasteiger partial charge is 0.333 e. The highest BCUT2D eigenvalue weighted by Crippen LogP contribution is 2.30. The number of benzene rings is 2. The van der Waals surface area contributed by atoms with Crippen LogP contribution in [0.15, 0.2) is 47.4 Å². The van der Waals surface area contributed by atoms with E-state index in [-0.39, 0.29) is 23.5 Å². The van der Waals surface area contributed by atoms with Crippen LogP contribution in [0.1, 0.15) is 27.0 Å². The fraction of sp³-hybridized carbons (Fsp3) is 0.381. The molecule has 2 aromatic carbocycles. The summed E-state index contributed by atoms with van der Waals surface area (Å²) in [5, 5.41) is 0. The van der Waals surface area contributed by atoms with Gasteiger partial charge in [-0.15, -0.1) is 0 Å². The van der Waals surface area contributed by atoms with E-state index < -0.39 is 27.5 Å². The molecular formula is C21H25F3N2O3S. The van der Waals surface area contributed by atoms with Gasteiger partial charge >= 0.3 is 6.18 Å². The van der Waals surface area contributed by atoms with Crippen LogP contribution in [0.4, 0.5) is 13.2 Å². The van der Waals surface area contributed by atoms with E-state index in [1.807, 2.05) is 19.0 Å². The van der Waals surface area contributed by atoms with E-state index in [2.05, 4.69) is 0 Å². The maximum Gasteiger partial charge on any atom is 0.416 e. The average Bonchev–Trinajstić information content (AvgIpc) is 2.63. The van der Waals surface area contributed by atoms with Gasteiger partial charge in [-0.25, -0.2) is 8.42 Å². The summed E-state index contributed by atoms with van der Waals surface area (Å²) in [7, 11) is 0.132. The molecule has 1 amide bonds. The second-order valence-corrected chi connectivity index (χ2v) is 9.49. The quantitative estimate of drug-likeness (QED) is 0.657. The van der Waals surface area contributed by atoms with Crippen molar-refractivity contribution in [1.29, 1.82) is 0 Å². The Kier molecular flexibility index (Phi) is 7.31. The van der Waals surface area contributed by atoms with Gasteiger partial charge in [0.2, 0.25) is 0 Å². The number of hydrogen-bond acceptors (Lipinski definition) is 4.